The van der Waals surface area contributed by atoms with Crippen LogP contribution >= 0.6 is 0 Å². The summed E-state index contributed by atoms with van der Waals surface area (Å²) in [5.41, 5.74) is 1.86. The molecule has 4 nitrogen and oxygen atoms in total. The van der Waals surface area contributed by atoms with Crippen molar-refractivity contribution in [2.45, 2.75) is 20.0 Å². The van der Waals surface area contributed by atoms with E-state index in [1.807, 2.05) is 25.1 Å². The van der Waals surface area contributed by atoms with E-state index in [9.17, 15) is 5.11 Å². The number of aliphatic hydroxyl groups excluding tert-OH is 2. The number of benzene rings is 1. The zero-order valence-electron chi connectivity index (χ0n) is 10.3. The van der Waals surface area contributed by atoms with Crippen LogP contribution in [0, 0.1) is 6.92 Å². The van der Waals surface area contributed by atoms with Gasteiger partial charge in [-0.3, -0.25) is 0 Å². The van der Waals surface area contributed by atoms with E-state index in [1.54, 1.807) is 6.92 Å². The standard InChI is InChI=1S/C13H20O4/c1-10-3-4-12(11(2)15)13(9-10)17-8-7-16-6-5-14/h3-4,9,11,14-15H,5-8H2,1-2H3/t11-/m0/s1. The van der Waals surface area contributed by atoms with Gasteiger partial charge in [0.25, 0.3) is 0 Å². The third-order valence-corrected chi connectivity index (χ3v) is 2.34. The molecule has 4 heteroatoms. The van der Waals surface area contributed by atoms with Gasteiger partial charge in [0, 0.05) is 5.56 Å². The highest BCUT2D eigenvalue weighted by atomic mass is 16.5. The summed E-state index contributed by atoms with van der Waals surface area (Å²) < 4.78 is 10.7. The van der Waals surface area contributed by atoms with Crippen LogP contribution in [0.5, 0.6) is 5.75 Å². The van der Waals surface area contributed by atoms with E-state index >= 15 is 0 Å². The monoisotopic (exact) mass is 240 g/mol. The van der Waals surface area contributed by atoms with Crippen LogP contribution in [0.25, 0.3) is 0 Å². The predicted octanol–water partition coefficient (Wildman–Crippen LogP) is 1.44. The topological polar surface area (TPSA) is 58.9 Å². The Bertz CT molecular complexity index is 336. The molecule has 0 amide bonds. The minimum atomic E-state index is -0.552. The molecule has 96 valence electrons. The maximum atomic E-state index is 9.59. The van der Waals surface area contributed by atoms with Crippen LogP contribution in [0.3, 0.4) is 0 Å². The first-order valence-corrected chi connectivity index (χ1v) is 5.75. The van der Waals surface area contributed by atoms with Gasteiger partial charge in [0.1, 0.15) is 12.4 Å². The van der Waals surface area contributed by atoms with Gasteiger partial charge in [0.05, 0.1) is 25.9 Å². The van der Waals surface area contributed by atoms with E-state index in [4.69, 9.17) is 14.6 Å². The van der Waals surface area contributed by atoms with E-state index in [-0.39, 0.29) is 6.61 Å². The molecule has 17 heavy (non-hydrogen) atoms. The summed E-state index contributed by atoms with van der Waals surface area (Å²) >= 11 is 0. The van der Waals surface area contributed by atoms with Crippen molar-refractivity contribution in [2.24, 2.45) is 0 Å². The number of aliphatic hydroxyl groups is 2. The van der Waals surface area contributed by atoms with Crippen molar-refractivity contribution in [2.75, 3.05) is 26.4 Å². The Balaban J connectivity index is 2.53. The Morgan fingerprint density at radius 3 is 2.65 bits per heavy atom. The van der Waals surface area contributed by atoms with Gasteiger partial charge >= 0.3 is 0 Å². The normalized spacial score (nSPS) is 12.5. The van der Waals surface area contributed by atoms with Crippen LogP contribution in [0.15, 0.2) is 18.2 Å². The fourth-order valence-corrected chi connectivity index (χ4v) is 1.49. The molecule has 0 aliphatic heterocycles. The number of hydrogen-bond acceptors (Lipinski definition) is 4. The lowest BCUT2D eigenvalue weighted by Gasteiger charge is -2.14. The molecule has 0 saturated heterocycles. The molecule has 0 heterocycles. The molecule has 0 aromatic heterocycles. The molecule has 0 spiro atoms. The lowest BCUT2D eigenvalue weighted by Crippen LogP contribution is -2.10. The van der Waals surface area contributed by atoms with Crippen molar-refractivity contribution in [3.05, 3.63) is 29.3 Å². The van der Waals surface area contributed by atoms with E-state index < -0.39 is 6.10 Å². The first kappa shape index (κ1) is 14.0. The molecule has 1 rings (SSSR count). The first-order valence-electron chi connectivity index (χ1n) is 5.75. The van der Waals surface area contributed by atoms with Gasteiger partial charge in [-0.2, -0.15) is 0 Å². The fraction of sp³-hybridized carbons (Fsp3) is 0.538. The van der Waals surface area contributed by atoms with Gasteiger partial charge in [-0.05, 0) is 25.5 Å². The highest BCUT2D eigenvalue weighted by Crippen LogP contribution is 2.26. The van der Waals surface area contributed by atoms with Crippen molar-refractivity contribution in [3.63, 3.8) is 0 Å². The average molecular weight is 240 g/mol. The Morgan fingerprint density at radius 1 is 1.24 bits per heavy atom. The molecule has 1 aromatic carbocycles. The molecule has 0 bridgehead atoms. The third kappa shape index (κ3) is 4.73. The Morgan fingerprint density at radius 2 is 2.00 bits per heavy atom. The van der Waals surface area contributed by atoms with E-state index in [1.165, 1.54) is 0 Å². The second kappa shape index (κ2) is 7.27. The number of hydrogen-bond donors (Lipinski definition) is 2. The second-order valence-corrected chi connectivity index (χ2v) is 3.90. The number of ether oxygens (including phenoxy) is 2. The number of aryl methyl sites for hydroxylation is 1. The summed E-state index contributed by atoms with van der Waals surface area (Å²) in [6.07, 6.45) is -0.552. The minimum Gasteiger partial charge on any atom is -0.491 e. The van der Waals surface area contributed by atoms with Crippen LogP contribution < -0.4 is 4.74 Å². The smallest absolute Gasteiger partial charge is 0.125 e. The molecule has 0 unspecified atom stereocenters. The summed E-state index contributed by atoms with van der Waals surface area (Å²) in [6.45, 7) is 4.85. The molecule has 1 atom stereocenters. The summed E-state index contributed by atoms with van der Waals surface area (Å²) in [6, 6.07) is 5.70. The summed E-state index contributed by atoms with van der Waals surface area (Å²) in [4.78, 5) is 0. The Hall–Kier alpha value is -1.10. The van der Waals surface area contributed by atoms with Gasteiger partial charge in [0.2, 0.25) is 0 Å². The fourth-order valence-electron chi connectivity index (χ4n) is 1.49. The Kier molecular flexibility index (Phi) is 5.97. The van der Waals surface area contributed by atoms with Gasteiger partial charge in [-0.15, -0.1) is 0 Å². The van der Waals surface area contributed by atoms with Gasteiger partial charge in [-0.1, -0.05) is 12.1 Å². The van der Waals surface area contributed by atoms with E-state index in [0.717, 1.165) is 11.1 Å². The van der Waals surface area contributed by atoms with Crippen molar-refractivity contribution in [1.82, 2.24) is 0 Å². The molecule has 0 saturated carbocycles. The minimum absolute atomic E-state index is 0.0172. The highest BCUT2D eigenvalue weighted by Gasteiger charge is 2.09. The predicted molar refractivity (Wildman–Crippen MR) is 65.2 cm³/mol. The molecular formula is C13H20O4. The summed E-state index contributed by atoms with van der Waals surface area (Å²) in [5.74, 6) is 0.688. The maximum Gasteiger partial charge on any atom is 0.125 e. The van der Waals surface area contributed by atoms with Crippen LogP contribution in [-0.4, -0.2) is 36.6 Å². The van der Waals surface area contributed by atoms with Gasteiger partial charge in [0.15, 0.2) is 0 Å². The zero-order valence-corrected chi connectivity index (χ0v) is 10.3. The van der Waals surface area contributed by atoms with Gasteiger partial charge < -0.3 is 19.7 Å². The molecule has 0 fully saturated rings. The quantitative estimate of drug-likeness (QED) is 0.708. The van der Waals surface area contributed by atoms with E-state index in [0.29, 0.717) is 25.6 Å². The van der Waals surface area contributed by atoms with Crippen LogP contribution in [0.4, 0.5) is 0 Å². The third-order valence-electron chi connectivity index (χ3n) is 2.34. The molecule has 0 radical (unpaired) electrons. The average Bonchev–Trinajstić information content (AvgIpc) is 2.28. The summed E-state index contributed by atoms with van der Waals surface area (Å²) in [5, 5.41) is 18.1. The molecule has 0 aliphatic rings. The number of rotatable bonds is 7. The molecule has 2 N–H and O–H groups in total. The van der Waals surface area contributed by atoms with Crippen molar-refractivity contribution in [1.29, 1.82) is 0 Å². The van der Waals surface area contributed by atoms with Crippen molar-refractivity contribution < 1.29 is 19.7 Å². The SMILES string of the molecule is Cc1ccc([C@H](C)O)c(OCCOCCO)c1. The maximum absolute atomic E-state index is 9.59. The second-order valence-electron chi connectivity index (χ2n) is 3.90. The van der Waals surface area contributed by atoms with Crippen LogP contribution in [-0.2, 0) is 4.74 Å². The Labute approximate surface area is 102 Å². The molecule has 0 aliphatic carbocycles. The summed E-state index contributed by atoms with van der Waals surface area (Å²) in [7, 11) is 0. The van der Waals surface area contributed by atoms with Crippen molar-refractivity contribution >= 4 is 0 Å². The van der Waals surface area contributed by atoms with Gasteiger partial charge in [-0.25, -0.2) is 0 Å². The lowest BCUT2D eigenvalue weighted by atomic mass is 10.1. The van der Waals surface area contributed by atoms with E-state index in [2.05, 4.69) is 0 Å². The molecular weight excluding hydrogens is 220 g/mol. The molecule has 1 aromatic rings. The lowest BCUT2D eigenvalue weighted by molar-refractivity contribution is 0.0695. The largest absolute Gasteiger partial charge is 0.491 e. The highest BCUT2D eigenvalue weighted by molar-refractivity contribution is 5.38. The first-order chi connectivity index (χ1) is 8.15. The van der Waals surface area contributed by atoms with Crippen molar-refractivity contribution in [3.8, 4) is 5.75 Å². The van der Waals surface area contributed by atoms with Crippen LogP contribution in [0.1, 0.15) is 24.2 Å². The zero-order chi connectivity index (χ0) is 12.7. The van der Waals surface area contributed by atoms with Crippen LogP contribution in [0.2, 0.25) is 0 Å².